The van der Waals surface area contributed by atoms with E-state index in [0.717, 1.165) is 29.5 Å². The first-order valence-electron chi connectivity index (χ1n) is 13.1. The summed E-state index contributed by atoms with van der Waals surface area (Å²) in [4.78, 5) is 28.9. The summed E-state index contributed by atoms with van der Waals surface area (Å²) in [5.41, 5.74) is 0.715. The predicted molar refractivity (Wildman–Crippen MR) is 158 cm³/mol. The maximum absolute atomic E-state index is 14.1. The van der Waals surface area contributed by atoms with Crippen molar-refractivity contribution in [2.75, 3.05) is 17.1 Å². The van der Waals surface area contributed by atoms with Crippen LogP contribution in [0.15, 0.2) is 72.8 Å². The first-order valence-corrected chi connectivity index (χ1v) is 15.3. The molecule has 3 aromatic carbocycles. The highest BCUT2D eigenvalue weighted by molar-refractivity contribution is 7.92. The monoisotopic (exact) mass is 623 g/mol. The summed E-state index contributed by atoms with van der Waals surface area (Å²) in [7, 11) is -4.30. The average Bonchev–Trinajstić information content (AvgIpc) is 2.88. The van der Waals surface area contributed by atoms with E-state index in [1.54, 1.807) is 50.2 Å². The van der Waals surface area contributed by atoms with Crippen molar-refractivity contribution in [3.8, 4) is 0 Å². The van der Waals surface area contributed by atoms with Gasteiger partial charge in [0.1, 0.15) is 12.6 Å². The van der Waals surface area contributed by atoms with Crippen molar-refractivity contribution in [2.45, 2.75) is 52.0 Å². The van der Waals surface area contributed by atoms with E-state index in [-0.39, 0.29) is 24.0 Å². The van der Waals surface area contributed by atoms with Gasteiger partial charge in [-0.2, -0.15) is 13.2 Å². The second-order valence-electron chi connectivity index (χ2n) is 10.3. The maximum atomic E-state index is 14.1. The summed E-state index contributed by atoms with van der Waals surface area (Å²) in [6.45, 7) is 4.46. The van der Waals surface area contributed by atoms with Gasteiger partial charge in [0.15, 0.2) is 0 Å². The molecule has 0 spiro atoms. The van der Waals surface area contributed by atoms with Gasteiger partial charge in [-0.3, -0.25) is 13.9 Å². The third-order valence-electron chi connectivity index (χ3n) is 6.36. The number of sulfonamides is 1. The largest absolute Gasteiger partial charge is 0.416 e. The highest BCUT2D eigenvalue weighted by atomic mass is 35.5. The van der Waals surface area contributed by atoms with Gasteiger partial charge in [0.05, 0.1) is 22.5 Å². The van der Waals surface area contributed by atoms with E-state index in [0.29, 0.717) is 15.9 Å². The number of alkyl halides is 3. The van der Waals surface area contributed by atoms with Crippen LogP contribution in [0.25, 0.3) is 0 Å². The molecule has 0 aliphatic carbocycles. The number of halogens is 4. The lowest BCUT2D eigenvalue weighted by molar-refractivity contribution is -0.140. The number of aryl methyl sites for hydroxylation is 1. The van der Waals surface area contributed by atoms with Crippen molar-refractivity contribution in [2.24, 2.45) is 0 Å². The van der Waals surface area contributed by atoms with E-state index in [1.807, 2.05) is 25.1 Å². The average molecular weight is 624 g/mol. The van der Waals surface area contributed by atoms with Gasteiger partial charge in [0, 0.05) is 19.0 Å². The van der Waals surface area contributed by atoms with E-state index in [1.165, 1.54) is 4.90 Å². The van der Waals surface area contributed by atoms with Gasteiger partial charge in [0.2, 0.25) is 21.8 Å². The molecule has 42 heavy (non-hydrogen) atoms. The molecule has 226 valence electrons. The van der Waals surface area contributed by atoms with Crippen LogP contribution in [0.1, 0.15) is 36.1 Å². The second kappa shape index (κ2) is 13.6. The van der Waals surface area contributed by atoms with Gasteiger partial charge in [-0.25, -0.2) is 8.42 Å². The SMILES string of the molecule is Cc1cccc(CN(C(=O)CN(c2cc(C(F)(F)F)ccc2Cl)S(C)(=O)=O)C(Cc2ccccc2)C(=O)NC(C)C)c1. The van der Waals surface area contributed by atoms with Crippen molar-refractivity contribution < 1.29 is 31.2 Å². The number of nitrogens with one attached hydrogen (secondary N) is 1. The van der Waals surface area contributed by atoms with Gasteiger partial charge >= 0.3 is 6.18 Å². The molecule has 1 unspecified atom stereocenters. The molecule has 7 nitrogen and oxygen atoms in total. The van der Waals surface area contributed by atoms with Gasteiger partial charge in [-0.1, -0.05) is 71.8 Å². The molecule has 0 saturated heterocycles. The Morgan fingerprint density at radius 3 is 2.17 bits per heavy atom. The Kier molecular flexibility index (Phi) is 10.7. The van der Waals surface area contributed by atoms with Crippen LogP contribution >= 0.6 is 11.6 Å². The lowest BCUT2D eigenvalue weighted by Gasteiger charge is -2.34. The molecule has 0 heterocycles. The molecule has 0 fully saturated rings. The highest BCUT2D eigenvalue weighted by Gasteiger charge is 2.36. The number of benzene rings is 3. The molecule has 3 aromatic rings. The molecular formula is C30H33ClF3N3O4S. The Balaban J connectivity index is 2.12. The minimum Gasteiger partial charge on any atom is -0.352 e. The quantitative estimate of drug-likeness (QED) is 0.301. The molecular weight excluding hydrogens is 591 g/mol. The molecule has 0 bridgehead atoms. The second-order valence-corrected chi connectivity index (χ2v) is 12.6. The molecule has 0 aromatic heterocycles. The number of amides is 2. The zero-order valence-corrected chi connectivity index (χ0v) is 25.2. The van der Waals surface area contributed by atoms with Crippen LogP contribution in [0.2, 0.25) is 5.02 Å². The Morgan fingerprint density at radius 2 is 1.60 bits per heavy atom. The number of rotatable bonds is 11. The summed E-state index contributed by atoms with van der Waals surface area (Å²) >= 11 is 6.17. The van der Waals surface area contributed by atoms with Crippen molar-refractivity contribution in [3.05, 3.63) is 100 Å². The van der Waals surface area contributed by atoms with Crippen molar-refractivity contribution in [3.63, 3.8) is 0 Å². The van der Waals surface area contributed by atoms with Crippen LogP contribution in [0.3, 0.4) is 0 Å². The van der Waals surface area contributed by atoms with Gasteiger partial charge in [-0.05, 0) is 50.1 Å². The first kappa shape index (κ1) is 32.9. The fraction of sp³-hybridized carbons (Fsp3) is 0.333. The number of hydrogen-bond donors (Lipinski definition) is 1. The number of nitrogens with zero attached hydrogens (tertiary/aromatic N) is 2. The highest BCUT2D eigenvalue weighted by Crippen LogP contribution is 2.36. The molecule has 12 heteroatoms. The zero-order valence-electron chi connectivity index (χ0n) is 23.7. The van der Waals surface area contributed by atoms with Gasteiger partial charge in [-0.15, -0.1) is 0 Å². The summed E-state index contributed by atoms with van der Waals surface area (Å²) < 4.78 is 66.8. The van der Waals surface area contributed by atoms with E-state index >= 15 is 0 Å². The van der Waals surface area contributed by atoms with Crippen molar-refractivity contribution in [1.82, 2.24) is 10.2 Å². The summed E-state index contributed by atoms with van der Waals surface area (Å²) in [5, 5.41) is 2.55. The fourth-order valence-corrected chi connectivity index (χ4v) is 5.54. The Bertz CT molecular complexity index is 1520. The Labute approximate surface area is 249 Å². The number of carbonyl (C=O) groups is 2. The minimum atomic E-state index is -4.78. The fourth-order valence-electron chi connectivity index (χ4n) is 4.42. The molecule has 1 atom stereocenters. The van der Waals surface area contributed by atoms with Crippen LogP contribution in [-0.4, -0.2) is 50.0 Å². The smallest absolute Gasteiger partial charge is 0.352 e. The molecule has 3 rings (SSSR count). The van der Waals surface area contributed by atoms with Crippen molar-refractivity contribution >= 4 is 39.1 Å². The first-order chi connectivity index (χ1) is 19.6. The van der Waals surface area contributed by atoms with Crippen LogP contribution in [-0.2, 0) is 38.8 Å². The van der Waals surface area contributed by atoms with Crippen LogP contribution in [0.5, 0.6) is 0 Å². The predicted octanol–water partition coefficient (Wildman–Crippen LogP) is 5.60. The number of carbonyl (C=O) groups excluding carboxylic acids is 2. The lowest BCUT2D eigenvalue weighted by Crippen LogP contribution is -2.54. The molecule has 2 amide bonds. The number of anilines is 1. The van der Waals surface area contributed by atoms with Crippen LogP contribution in [0.4, 0.5) is 18.9 Å². The molecule has 0 saturated carbocycles. The molecule has 1 N–H and O–H groups in total. The summed E-state index contributed by atoms with van der Waals surface area (Å²) in [5.74, 6) is -1.26. The minimum absolute atomic E-state index is 0.0581. The molecule has 0 aliphatic rings. The van der Waals surface area contributed by atoms with Gasteiger partial charge < -0.3 is 10.2 Å². The topological polar surface area (TPSA) is 86.8 Å². The normalized spacial score (nSPS) is 12.6. The third kappa shape index (κ3) is 8.96. The molecule has 0 aliphatic heterocycles. The van der Waals surface area contributed by atoms with Crippen molar-refractivity contribution in [1.29, 1.82) is 0 Å². The maximum Gasteiger partial charge on any atom is 0.416 e. The standard InChI is InChI=1S/C30H33ClF3N3O4S/c1-20(2)35-29(39)27(16-22-10-6-5-7-11-22)36(18-23-12-8-9-21(3)15-23)28(38)19-37(42(4,40)41)26-17-24(30(32,33)34)13-14-25(26)31/h5-15,17,20,27H,16,18-19H2,1-4H3,(H,35,39). The van der Waals surface area contributed by atoms with E-state index in [4.69, 9.17) is 11.6 Å². The Morgan fingerprint density at radius 1 is 0.952 bits per heavy atom. The summed E-state index contributed by atoms with van der Waals surface area (Å²) in [6.07, 6.45) is -3.89. The molecule has 0 radical (unpaired) electrons. The number of hydrogen-bond acceptors (Lipinski definition) is 4. The van der Waals surface area contributed by atoms with Crippen LogP contribution in [0, 0.1) is 6.92 Å². The third-order valence-corrected chi connectivity index (χ3v) is 7.80. The lowest BCUT2D eigenvalue weighted by atomic mass is 10.0. The Hall–Kier alpha value is -3.57. The van der Waals surface area contributed by atoms with Crippen LogP contribution < -0.4 is 9.62 Å². The van der Waals surface area contributed by atoms with Gasteiger partial charge in [0.25, 0.3) is 0 Å². The zero-order chi connectivity index (χ0) is 31.2. The van der Waals surface area contributed by atoms with E-state index in [9.17, 15) is 31.2 Å². The van der Waals surface area contributed by atoms with E-state index in [2.05, 4.69) is 5.32 Å². The summed E-state index contributed by atoms with van der Waals surface area (Å²) in [6, 6.07) is 17.2. The van der Waals surface area contributed by atoms with E-state index < -0.39 is 51.9 Å².